The van der Waals surface area contributed by atoms with Crippen molar-refractivity contribution >= 4 is 11.8 Å². The SMILES string of the molecule is N#Cc1ccc(Sc2ccncc2)c(F)c1. The molecule has 4 heteroatoms. The Morgan fingerprint density at radius 1 is 1.19 bits per heavy atom. The maximum Gasteiger partial charge on any atom is 0.138 e. The number of halogens is 1. The molecule has 2 nitrogen and oxygen atoms in total. The molecule has 0 fully saturated rings. The molecule has 0 radical (unpaired) electrons. The van der Waals surface area contributed by atoms with E-state index in [4.69, 9.17) is 5.26 Å². The van der Waals surface area contributed by atoms with Crippen molar-refractivity contribution in [2.45, 2.75) is 9.79 Å². The van der Waals surface area contributed by atoms with E-state index in [1.165, 1.54) is 17.8 Å². The van der Waals surface area contributed by atoms with Gasteiger partial charge in [0, 0.05) is 22.2 Å². The molecule has 0 aliphatic rings. The van der Waals surface area contributed by atoms with E-state index in [1.54, 1.807) is 24.5 Å². The van der Waals surface area contributed by atoms with Crippen LogP contribution in [0.3, 0.4) is 0 Å². The fraction of sp³-hybridized carbons (Fsp3) is 0. The highest BCUT2D eigenvalue weighted by Gasteiger charge is 2.05. The predicted molar refractivity (Wildman–Crippen MR) is 59.5 cm³/mol. The fourth-order valence-corrected chi connectivity index (χ4v) is 1.99. The lowest BCUT2D eigenvalue weighted by molar-refractivity contribution is 0.601. The van der Waals surface area contributed by atoms with Crippen LogP contribution in [0.2, 0.25) is 0 Å². The minimum atomic E-state index is -0.374. The molecule has 1 aromatic heterocycles. The van der Waals surface area contributed by atoms with Gasteiger partial charge < -0.3 is 0 Å². The summed E-state index contributed by atoms with van der Waals surface area (Å²) in [5.41, 5.74) is 0.330. The number of hydrogen-bond donors (Lipinski definition) is 0. The third-order valence-corrected chi connectivity index (χ3v) is 3.00. The molecule has 0 aliphatic heterocycles. The smallest absolute Gasteiger partial charge is 0.138 e. The van der Waals surface area contributed by atoms with Crippen molar-refractivity contribution < 1.29 is 4.39 Å². The normalized spacial score (nSPS) is 9.75. The average molecular weight is 230 g/mol. The van der Waals surface area contributed by atoms with Crippen molar-refractivity contribution in [2.24, 2.45) is 0 Å². The van der Waals surface area contributed by atoms with Crippen molar-refractivity contribution in [3.8, 4) is 6.07 Å². The second kappa shape index (κ2) is 4.77. The zero-order valence-corrected chi connectivity index (χ0v) is 9.04. The van der Waals surface area contributed by atoms with Crippen molar-refractivity contribution in [1.82, 2.24) is 4.98 Å². The van der Waals surface area contributed by atoms with Gasteiger partial charge in [0.1, 0.15) is 5.82 Å². The molecular formula is C12H7FN2S. The lowest BCUT2D eigenvalue weighted by atomic mass is 10.2. The maximum atomic E-state index is 13.5. The van der Waals surface area contributed by atoms with Crippen LogP contribution in [-0.2, 0) is 0 Å². The molecule has 0 bridgehead atoms. The van der Waals surface area contributed by atoms with Gasteiger partial charge in [-0.05, 0) is 30.3 Å². The van der Waals surface area contributed by atoms with Gasteiger partial charge in [-0.1, -0.05) is 11.8 Å². The summed E-state index contributed by atoms with van der Waals surface area (Å²) in [7, 11) is 0. The third-order valence-electron chi connectivity index (χ3n) is 1.94. The van der Waals surface area contributed by atoms with Crippen LogP contribution < -0.4 is 0 Å². The summed E-state index contributed by atoms with van der Waals surface area (Å²) in [5.74, 6) is -0.374. The minimum Gasteiger partial charge on any atom is -0.265 e. The van der Waals surface area contributed by atoms with E-state index in [0.717, 1.165) is 4.90 Å². The number of benzene rings is 1. The van der Waals surface area contributed by atoms with Crippen LogP contribution in [0.25, 0.3) is 0 Å². The molecule has 0 amide bonds. The van der Waals surface area contributed by atoms with E-state index >= 15 is 0 Å². The van der Waals surface area contributed by atoms with Gasteiger partial charge in [-0.25, -0.2) is 4.39 Å². The maximum absolute atomic E-state index is 13.5. The first-order chi connectivity index (χ1) is 7.79. The minimum absolute atomic E-state index is 0.330. The Labute approximate surface area is 96.8 Å². The van der Waals surface area contributed by atoms with Gasteiger partial charge in [-0.2, -0.15) is 5.26 Å². The van der Waals surface area contributed by atoms with E-state index in [9.17, 15) is 4.39 Å². The summed E-state index contributed by atoms with van der Waals surface area (Å²) in [4.78, 5) is 5.31. The first kappa shape index (κ1) is 10.7. The highest BCUT2D eigenvalue weighted by molar-refractivity contribution is 7.99. The molecule has 78 valence electrons. The number of nitriles is 1. The highest BCUT2D eigenvalue weighted by Crippen LogP contribution is 2.29. The third kappa shape index (κ3) is 2.38. The summed E-state index contributed by atoms with van der Waals surface area (Å²) in [5, 5.41) is 8.61. The van der Waals surface area contributed by atoms with Crippen LogP contribution in [0.4, 0.5) is 4.39 Å². The second-order valence-electron chi connectivity index (χ2n) is 3.04. The molecule has 0 atom stereocenters. The zero-order valence-electron chi connectivity index (χ0n) is 8.22. The molecule has 0 N–H and O–H groups in total. The summed E-state index contributed by atoms with van der Waals surface area (Å²) in [6.45, 7) is 0. The number of rotatable bonds is 2. The Morgan fingerprint density at radius 3 is 2.56 bits per heavy atom. The average Bonchev–Trinajstić information content (AvgIpc) is 2.33. The Hall–Kier alpha value is -1.86. The number of nitrogens with zero attached hydrogens (tertiary/aromatic N) is 2. The quantitative estimate of drug-likeness (QED) is 0.794. The molecule has 2 rings (SSSR count). The lowest BCUT2D eigenvalue weighted by Crippen LogP contribution is -1.83. The molecule has 0 aliphatic carbocycles. The van der Waals surface area contributed by atoms with Crippen LogP contribution in [0.1, 0.15) is 5.56 Å². The van der Waals surface area contributed by atoms with E-state index in [1.807, 2.05) is 18.2 Å². The summed E-state index contributed by atoms with van der Waals surface area (Å²) in [6, 6.07) is 9.97. The summed E-state index contributed by atoms with van der Waals surface area (Å²) >= 11 is 1.31. The first-order valence-electron chi connectivity index (χ1n) is 4.57. The Kier molecular flexibility index (Phi) is 3.18. The highest BCUT2D eigenvalue weighted by atomic mass is 32.2. The second-order valence-corrected chi connectivity index (χ2v) is 4.16. The first-order valence-corrected chi connectivity index (χ1v) is 5.39. The monoisotopic (exact) mass is 230 g/mol. The van der Waals surface area contributed by atoms with Gasteiger partial charge >= 0.3 is 0 Å². The van der Waals surface area contributed by atoms with Crippen LogP contribution in [-0.4, -0.2) is 4.98 Å². The van der Waals surface area contributed by atoms with Crippen molar-refractivity contribution in [3.63, 3.8) is 0 Å². The van der Waals surface area contributed by atoms with Gasteiger partial charge in [0.05, 0.1) is 11.6 Å². The molecule has 1 aromatic carbocycles. The number of hydrogen-bond acceptors (Lipinski definition) is 3. The van der Waals surface area contributed by atoms with Crippen LogP contribution in [0.15, 0.2) is 52.5 Å². The van der Waals surface area contributed by atoms with Gasteiger partial charge in [0.25, 0.3) is 0 Å². The fourth-order valence-electron chi connectivity index (χ4n) is 1.19. The van der Waals surface area contributed by atoms with E-state index < -0.39 is 0 Å². The van der Waals surface area contributed by atoms with Crippen LogP contribution in [0.5, 0.6) is 0 Å². The summed E-state index contributed by atoms with van der Waals surface area (Å²) < 4.78 is 13.5. The lowest BCUT2D eigenvalue weighted by Gasteiger charge is -2.02. The van der Waals surface area contributed by atoms with E-state index in [0.29, 0.717) is 10.5 Å². The molecular weight excluding hydrogens is 223 g/mol. The van der Waals surface area contributed by atoms with E-state index in [-0.39, 0.29) is 5.82 Å². The zero-order chi connectivity index (χ0) is 11.4. The van der Waals surface area contributed by atoms with Gasteiger partial charge in [0.2, 0.25) is 0 Å². The Bertz CT molecular complexity index is 534. The molecule has 0 spiro atoms. The molecule has 16 heavy (non-hydrogen) atoms. The van der Waals surface area contributed by atoms with E-state index in [2.05, 4.69) is 4.98 Å². The van der Waals surface area contributed by atoms with Crippen molar-refractivity contribution in [2.75, 3.05) is 0 Å². The molecule has 1 heterocycles. The Morgan fingerprint density at radius 2 is 1.94 bits per heavy atom. The van der Waals surface area contributed by atoms with Gasteiger partial charge in [-0.3, -0.25) is 4.98 Å². The molecule has 0 unspecified atom stereocenters. The van der Waals surface area contributed by atoms with Crippen LogP contribution >= 0.6 is 11.8 Å². The molecule has 0 saturated carbocycles. The van der Waals surface area contributed by atoms with Gasteiger partial charge in [0.15, 0.2) is 0 Å². The number of pyridine rings is 1. The standard InChI is InChI=1S/C12H7FN2S/c13-11-7-9(8-14)1-2-12(11)16-10-3-5-15-6-4-10/h1-7H. The Balaban J connectivity index is 2.27. The van der Waals surface area contributed by atoms with Crippen molar-refractivity contribution in [3.05, 3.63) is 54.1 Å². The van der Waals surface area contributed by atoms with Crippen LogP contribution in [0, 0.1) is 17.1 Å². The largest absolute Gasteiger partial charge is 0.265 e. The molecule has 0 saturated heterocycles. The molecule has 2 aromatic rings. The predicted octanol–water partition coefficient (Wildman–Crippen LogP) is 3.24. The van der Waals surface area contributed by atoms with Crippen molar-refractivity contribution in [1.29, 1.82) is 5.26 Å². The summed E-state index contributed by atoms with van der Waals surface area (Å²) in [6.07, 6.45) is 3.31. The number of aromatic nitrogens is 1. The van der Waals surface area contributed by atoms with Gasteiger partial charge in [-0.15, -0.1) is 0 Å². The topological polar surface area (TPSA) is 36.7 Å².